The standard InChI is InChI=1S/C23H31N3O/c24-22-8-4-7-20(17-22)9-12-25-13-10-23(11-14-25)19-26(15-16-27-23)18-21-5-2-1-3-6-21/h1-8,17H,9-16,18-19,24H2. The maximum atomic E-state index is 6.32. The maximum absolute atomic E-state index is 6.32. The third-order valence-corrected chi connectivity index (χ3v) is 6.01. The van der Waals surface area contributed by atoms with Gasteiger partial charge in [0.2, 0.25) is 0 Å². The number of ether oxygens (including phenoxy) is 1. The molecule has 4 nitrogen and oxygen atoms in total. The van der Waals surface area contributed by atoms with Crippen molar-refractivity contribution in [3.8, 4) is 0 Å². The van der Waals surface area contributed by atoms with Crippen LogP contribution in [-0.2, 0) is 17.7 Å². The fourth-order valence-electron chi connectivity index (χ4n) is 4.42. The fraction of sp³-hybridized carbons (Fsp3) is 0.478. The summed E-state index contributed by atoms with van der Waals surface area (Å²) in [6.45, 7) is 7.35. The largest absolute Gasteiger partial charge is 0.399 e. The van der Waals surface area contributed by atoms with E-state index in [9.17, 15) is 0 Å². The smallest absolute Gasteiger partial charge is 0.0833 e. The molecule has 2 fully saturated rings. The number of nitrogen functional groups attached to an aromatic ring is 1. The van der Waals surface area contributed by atoms with Crippen LogP contribution < -0.4 is 5.73 Å². The van der Waals surface area contributed by atoms with Crippen molar-refractivity contribution in [2.24, 2.45) is 0 Å². The Morgan fingerprint density at radius 2 is 1.67 bits per heavy atom. The van der Waals surface area contributed by atoms with E-state index < -0.39 is 0 Å². The minimum atomic E-state index is 0.0563. The third-order valence-electron chi connectivity index (χ3n) is 6.01. The molecule has 4 rings (SSSR count). The van der Waals surface area contributed by atoms with Crippen LogP contribution in [0.25, 0.3) is 0 Å². The van der Waals surface area contributed by atoms with Gasteiger partial charge < -0.3 is 15.4 Å². The molecule has 2 aromatic rings. The van der Waals surface area contributed by atoms with Crippen molar-refractivity contribution in [1.82, 2.24) is 9.80 Å². The summed E-state index contributed by atoms with van der Waals surface area (Å²) >= 11 is 0. The Labute approximate surface area is 162 Å². The van der Waals surface area contributed by atoms with Crippen LogP contribution >= 0.6 is 0 Å². The first-order chi connectivity index (χ1) is 13.2. The number of benzene rings is 2. The second kappa shape index (κ2) is 8.42. The van der Waals surface area contributed by atoms with Crippen LogP contribution in [0, 0.1) is 0 Å². The predicted molar refractivity (Wildman–Crippen MR) is 111 cm³/mol. The number of nitrogens with zero attached hydrogens (tertiary/aromatic N) is 2. The lowest BCUT2D eigenvalue weighted by Crippen LogP contribution is -2.56. The first-order valence-electron chi connectivity index (χ1n) is 10.2. The van der Waals surface area contributed by atoms with Crippen LogP contribution in [0.5, 0.6) is 0 Å². The molecule has 0 atom stereocenters. The highest BCUT2D eigenvalue weighted by Gasteiger charge is 2.39. The number of rotatable bonds is 5. The van der Waals surface area contributed by atoms with Crippen LogP contribution in [0.1, 0.15) is 24.0 Å². The summed E-state index contributed by atoms with van der Waals surface area (Å²) < 4.78 is 6.32. The quantitative estimate of drug-likeness (QED) is 0.827. The molecule has 0 aliphatic carbocycles. The molecular weight excluding hydrogens is 334 g/mol. The minimum absolute atomic E-state index is 0.0563. The Balaban J connectivity index is 1.27. The molecule has 0 amide bonds. The molecule has 0 unspecified atom stereocenters. The van der Waals surface area contributed by atoms with Crippen LogP contribution in [-0.4, -0.2) is 54.7 Å². The van der Waals surface area contributed by atoms with Gasteiger partial charge in [0, 0.05) is 45.0 Å². The van der Waals surface area contributed by atoms with Gasteiger partial charge in [0.1, 0.15) is 0 Å². The predicted octanol–water partition coefficient (Wildman–Crippen LogP) is 3.18. The van der Waals surface area contributed by atoms with Gasteiger partial charge in [0.15, 0.2) is 0 Å². The molecule has 2 aliphatic rings. The molecular formula is C23H31N3O. The van der Waals surface area contributed by atoms with Gasteiger partial charge in [-0.15, -0.1) is 0 Å². The number of nitrogens with two attached hydrogens (primary N) is 1. The van der Waals surface area contributed by atoms with Crippen LogP contribution in [0.4, 0.5) is 5.69 Å². The van der Waals surface area contributed by atoms with Crippen LogP contribution in [0.15, 0.2) is 54.6 Å². The van der Waals surface area contributed by atoms with E-state index in [1.54, 1.807) is 0 Å². The lowest BCUT2D eigenvalue weighted by molar-refractivity contribution is -0.137. The Hall–Kier alpha value is -1.88. The van der Waals surface area contributed by atoms with Crippen molar-refractivity contribution in [2.75, 3.05) is 45.1 Å². The zero-order valence-electron chi connectivity index (χ0n) is 16.1. The van der Waals surface area contributed by atoms with E-state index >= 15 is 0 Å². The highest BCUT2D eigenvalue weighted by Crippen LogP contribution is 2.30. The summed E-state index contributed by atoms with van der Waals surface area (Å²) in [4.78, 5) is 5.15. The Morgan fingerprint density at radius 3 is 2.44 bits per heavy atom. The van der Waals surface area contributed by atoms with Crippen LogP contribution in [0.3, 0.4) is 0 Å². The van der Waals surface area contributed by atoms with Gasteiger partial charge in [-0.3, -0.25) is 4.90 Å². The van der Waals surface area contributed by atoms with Crippen molar-refractivity contribution in [3.63, 3.8) is 0 Å². The molecule has 4 heteroatoms. The maximum Gasteiger partial charge on any atom is 0.0833 e. The number of piperidine rings is 1. The van der Waals surface area contributed by atoms with Gasteiger partial charge >= 0.3 is 0 Å². The van der Waals surface area contributed by atoms with Gasteiger partial charge in [-0.25, -0.2) is 0 Å². The summed E-state index contributed by atoms with van der Waals surface area (Å²) in [7, 11) is 0. The fourth-order valence-corrected chi connectivity index (χ4v) is 4.42. The molecule has 0 saturated carbocycles. The second-order valence-corrected chi connectivity index (χ2v) is 8.06. The Morgan fingerprint density at radius 1 is 0.889 bits per heavy atom. The van der Waals surface area contributed by atoms with Crippen molar-refractivity contribution < 1.29 is 4.74 Å². The minimum Gasteiger partial charge on any atom is -0.399 e. The normalized spacial score (nSPS) is 20.7. The van der Waals surface area contributed by atoms with E-state index in [1.165, 1.54) is 11.1 Å². The molecule has 27 heavy (non-hydrogen) atoms. The van der Waals surface area contributed by atoms with E-state index in [0.29, 0.717) is 0 Å². The van der Waals surface area contributed by atoms with Crippen molar-refractivity contribution in [2.45, 2.75) is 31.4 Å². The summed E-state index contributed by atoms with van der Waals surface area (Å²) in [5.41, 5.74) is 9.54. The van der Waals surface area contributed by atoms with Gasteiger partial charge in [0.25, 0.3) is 0 Å². The molecule has 2 aromatic carbocycles. The van der Waals surface area contributed by atoms with Gasteiger partial charge in [-0.2, -0.15) is 0 Å². The van der Waals surface area contributed by atoms with E-state index in [2.05, 4.69) is 52.3 Å². The van der Waals surface area contributed by atoms with Gasteiger partial charge in [0.05, 0.1) is 12.2 Å². The lowest BCUT2D eigenvalue weighted by atomic mass is 9.89. The third kappa shape index (κ3) is 4.89. The van der Waals surface area contributed by atoms with E-state index in [4.69, 9.17) is 10.5 Å². The molecule has 2 N–H and O–H groups in total. The molecule has 0 radical (unpaired) electrons. The SMILES string of the molecule is Nc1cccc(CCN2CCC3(CC2)CN(Cc2ccccc2)CCO3)c1. The van der Waals surface area contributed by atoms with E-state index in [-0.39, 0.29) is 5.60 Å². The number of likely N-dealkylation sites (tertiary alicyclic amines) is 1. The van der Waals surface area contributed by atoms with E-state index in [1.807, 2.05) is 12.1 Å². The second-order valence-electron chi connectivity index (χ2n) is 8.06. The first-order valence-corrected chi connectivity index (χ1v) is 10.2. The highest BCUT2D eigenvalue weighted by atomic mass is 16.5. The summed E-state index contributed by atoms with van der Waals surface area (Å²) in [5, 5.41) is 0. The molecule has 1 spiro atoms. The average molecular weight is 366 g/mol. The zero-order chi connectivity index (χ0) is 18.5. The first kappa shape index (κ1) is 18.5. The molecule has 0 aromatic heterocycles. The molecule has 2 saturated heterocycles. The molecule has 144 valence electrons. The molecule has 2 aliphatic heterocycles. The topological polar surface area (TPSA) is 41.7 Å². The van der Waals surface area contributed by atoms with Crippen molar-refractivity contribution >= 4 is 5.69 Å². The van der Waals surface area contributed by atoms with Crippen LogP contribution in [0.2, 0.25) is 0 Å². The lowest BCUT2D eigenvalue weighted by Gasteiger charge is -2.47. The van der Waals surface area contributed by atoms with Gasteiger partial charge in [-0.05, 0) is 42.5 Å². The highest BCUT2D eigenvalue weighted by molar-refractivity contribution is 5.40. The number of morpholine rings is 1. The Bertz CT molecular complexity index is 725. The molecule has 0 bridgehead atoms. The number of hydrogen-bond donors (Lipinski definition) is 1. The molecule has 2 heterocycles. The summed E-state index contributed by atoms with van der Waals surface area (Å²) in [5.74, 6) is 0. The zero-order valence-corrected chi connectivity index (χ0v) is 16.1. The number of hydrogen-bond acceptors (Lipinski definition) is 4. The van der Waals surface area contributed by atoms with Crippen molar-refractivity contribution in [3.05, 3.63) is 65.7 Å². The van der Waals surface area contributed by atoms with E-state index in [0.717, 1.165) is 70.8 Å². The van der Waals surface area contributed by atoms with Crippen molar-refractivity contribution in [1.29, 1.82) is 0 Å². The summed E-state index contributed by atoms with van der Waals surface area (Å²) in [6.07, 6.45) is 3.34. The van der Waals surface area contributed by atoms with Gasteiger partial charge in [-0.1, -0.05) is 42.5 Å². The Kier molecular flexibility index (Phi) is 5.77. The average Bonchev–Trinajstić information content (AvgIpc) is 2.69. The monoisotopic (exact) mass is 365 g/mol. The number of anilines is 1. The summed E-state index contributed by atoms with van der Waals surface area (Å²) in [6, 6.07) is 19.1.